The first kappa shape index (κ1) is 14.9. The maximum Gasteiger partial charge on any atom is 0.434 e. The van der Waals surface area contributed by atoms with Gasteiger partial charge in [-0.05, 0) is 30.4 Å². The molecule has 0 bridgehead atoms. The van der Waals surface area contributed by atoms with Gasteiger partial charge in [0.15, 0.2) is 5.69 Å². The largest absolute Gasteiger partial charge is 0.434 e. The lowest BCUT2D eigenvalue weighted by Crippen LogP contribution is -2.39. The quantitative estimate of drug-likeness (QED) is 0.753. The minimum Gasteiger partial charge on any atom is -0.392 e. The molecule has 1 amide bonds. The zero-order chi connectivity index (χ0) is 16.5. The summed E-state index contributed by atoms with van der Waals surface area (Å²) in [4.78, 5) is 26.6. The molecular formula is C15H15N5O3S. The average Bonchev–Trinajstić information content (AvgIpc) is 3.34. The first-order chi connectivity index (χ1) is 11.7. The molecule has 1 unspecified atom stereocenters. The fraction of sp³-hybridized carbons (Fsp3) is 0.333. The minimum absolute atomic E-state index is 0.0719. The van der Waals surface area contributed by atoms with E-state index in [2.05, 4.69) is 20.4 Å². The summed E-state index contributed by atoms with van der Waals surface area (Å²) in [7, 11) is 0. The third-order valence-electron chi connectivity index (χ3n) is 4.10. The number of nitrogens with zero attached hydrogens (tertiary/aromatic N) is 3. The highest BCUT2D eigenvalue weighted by molar-refractivity contribution is 7.13. The molecule has 1 fully saturated rings. The number of hydrogen-bond acceptors (Lipinski definition) is 6. The van der Waals surface area contributed by atoms with Crippen LogP contribution in [0.4, 0.5) is 0 Å². The summed E-state index contributed by atoms with van der Waals surface area (Å²) >= 11 is 1.59. The van der Waals surface area contributed by atoms with Crippen molar-refractivity contribution in [2.24, 2.45) is 0 Å². The molecule has 1 saturated heterocycles. The van der Waals surface area contributed by atoms with E-state index in [0.29, 0.717) is 24.7 Å². The Morgan fingerprint density at radius 2 is 2.29 bits per heavy atom. The van der Waals surface area contributed by atoms with Crippen molar-refractivity contribution in [3.63, 3.8) is 0 Å². The molecule has 1 aliphatic rings. The molecule has 3 aromatic heterocycles. The highest BCUT2D eigenvalue weighted by Gasteiger charge is 2.29. The molecule has 0 saturated carbocycles. The number of hydrogen-bond donors (Lipinski definition) is 2. The highest BCUT2D eigenvalue weighted by Crippen LogP contribution is 2.27. The number of thiophene rings is 1. The molecule has 1 aliphatic heterocycles. The molecule has 0 aliphatic carbocycles. The van der Waals surface area contributed by atoms with Gasteiger partial charge in [0.1, 0.15) is 0 Å². The molecule has 4 rings (SSSR count). The van der Waals surface area contributed by atoms with E-state index in [9.17, 15) is 9.59 Å². The maximum atomic E-state index is 12.7. The Bertz CT molecular complexity index is 894. The topological polar surface area (TPSA) is 108 Å². The Balaban J connectivity index is 1.50. The van der Waals surface area contributed by atoms with Gasteiger partial charge in [-0.15, -0.1) is 16.4 Å². The number of H-pyrrole nitrogens is 2. The third-order valence-corrected chi connectivity index (χ3v) is 5.00. The number of aromatic nitrogens is 4. The molecular weight excluding hydrogens is 330 g/mol. The Morgan fingerprint density at radius 3 is 3.04 bits per heavy atom. The Hall–Kier alpha value is -2.68. The first-order valence-corrected chi connectivity index (χ1v) is 8.52. The van der Waals surface area contributed by atoms with Gasteiger partial charge < -0.3 is 9.32 Å². The van der Waals surface area contributed by atoms with Crippen LogP contribution in [0, 0.1) is 0 Å². The second kappa shape index (κ2) is 6.08. The SMILES string of the molecule is O=C(c1cc(-c2cccs2)[nH]n1)N1CCCC(c2n[nH]c(=O)o2)C1. The molecule has 4 heterocycles. The van der Waals surface area contributed by atoms with Gasteiger partial charge in [-0.1, -0.05) is 6.07 Å². The summed E-state index contributed by atoms with van der Waals surface area (Å²) in [5, 5.41) is 15.2. The van der Waals surface area contributed by atoms with Crippen LogP contribution < -0.4 is 5.76 Å². The second-order valence-corrected chi connectivity index (χ2v) is 6.63. The van der Waals surface area contributed by atoms with E-state index in [-0.39, 0.29) is 11.8 Å². The lowest BCUT2D eigenvalue weighted by molar-refractivity contribution is 0.0691. The van der Waals surface area contributed by atoms with Gasteiger partial charge in [0.25, 0.3) is 5.91 Å². The van der Waals surface area contributed by atoms with Gasteiger partial charge in [0, 0.05) is 13.1 Å². The summed E-state index contributed by atoms with van der Waals surface area (Å²) in [5.41, 5.74) is 1.22. The van der Waals surface area contributed by atoms with Crippen LogP contribution in [0.2, 0.25) is 0 Å². The zero-order valence-electron chi connectivity index (χ0n) is 12.7. The lowest BCUT2D eigenvalue weighted by atomic mass is 9.98. The monoisotopic (exact) mass is 345 g/mol. The van der Waals surface area contributed by atoms with E-state index in [1.54, 1.807) is 22.3 Å². The number of nitrogens with one attached hydrogen (secondary N) is 2. The van der Waals surface area contributed by atoms with Crippen molar-refractivity contribution in [2.75, 3.05) is 13.1 Å². The van der Waals surface area contributed by atoms with Crippen LogP contribution in [0.25, 0.3) is 10.6 Å². The normalized spacial score (nSPS) is 18.0. The molecule has 1 atom stereocenters. The fourth-order valence-corrected chi connectivity index (χ4v) is 3.62. The van der Waals surface area contributed by atoms with Crippen molar-refractivity contribution in [1.82, 2.24) is 25.3 Å². The molecule has 0 radical (unpaired) electrons. The average molecular weight is 345 g/mol. The molecule has 2 N–H and O–H groups in total. The van der Waals surface area contributed by atoms with E-state index in [1.165, 1.54) is 0 Å². The number of likely N-dealkylation sites (tertiary alicyclic amines) is 1. The third kappa shape index (κ3) is 2.78. The molecule has 24 heavy (non-hydrogen) atoms. The van der Waals surface area contributed by atoms with Crippen LogP contribution in [-0.2, 0) is 0 Å². The van der Waals surface area contributed by atoms with Gasteiger partial charge in [0.05, 0.1) is 16.5 Å². The fourth-order valence-electron chi connectivity index (χ4n) is 2.93. The van der Waals surface area contributed by atoms with Gasteiger partial charge in [-0.3, -0.25) is 9.89 Å². The molecule has 9 heteroatoms. The minimum atomic E-state index is -0.568. The number of amides is 1. The van der Waals surface area contributed by atoms with E-state index in [1.807, 2.05) is 17.5 Å². The zero-order valence-corrected chi connectivity index (χ0v) is 13.5. The summed E-state index contributed by atoms with van der Waals surface area (Å²) < 4.78 is 5.03. The van der Waals surface area contributed by atoms with E-state index < -0.39 is 5.76 Å². The summed E-state index contributed by atoms with van der Waals surface area (Å²) in [6, 6.07) is 5.70. The van der Waals surface area contributed by atoms with E-state index >= 15 is 0 Å². The standard InChI is InChI=1S/C15H15N5O3S/c21-14(11-7-10(16-17-11)12-4-2-6-24-12)20-5-1-3-9(8-20)13-18-19-15(22)23-13/h2,4,6-7,9H,1,3,5,8H2,(H,16,17)(H,19,22). The Labute approximate surface area is 140 Å². The Kier molecular flexibility index (Phi) is 3.77. The summed E-state index contributed by atoms with van der Waals surface area (Å²) in [5.74, 6) is -0.408. The van der Waals surface area contributed by atoms with E-state index in [0.717, 1.165) is 23.4 Å². The number of piperidine rings is 1. The molecule has 0 spiro atoms. The van der Waals surface area contributed by atoms with Gasteiger partial charge in [-0.2, -0.15) is 5.10 Å². The van der Waals surface area contributed by atoms with Gasteiger partial charge in [-0.25, -0.2) is 9.89 Å². The molecule has 0 aromatic carbocycles. The smallest absolute Gasteiger partial charge is 0.392 e. The highest BCUT2D eigenvalue weighted by atomic mass is 32.1. The number of carbonyl (C=O) groups excluding carboxylic acids is 1. The van der Waals surface area contributed by atoms with Crippen molar-refractivity contribution < 1.29 is 9.21 Å². The maximum absolute atomic E-state index is 12.7. The van der Waals surface area contributed by atoms with Crippen LogP contribution in [0.15, 0.2) is 32.8 Å². The van der Waals surface area contributed by atoms with Crippen molar-refractivity contribution in [1.29, 1.82) is 0 Å². The van der Waals surface area contributed by atoms with Crippen LogP contribution >= 0.6 is 11.3 Å². The van der Waals surface area contributed by atoms with Gasteiger partial charge >= 0.3 is 5.76 Å². The predicted octanol–water partition coefficient (Wildman–Crippen LogP) is 1.83. The van der Waals surface area contributed by atoms with Gasteiger partial charge in [0.2, 0.25) is 5.89 Å². The van der Waals surface area contributed by atoms with Crippen LogP contribution in [0.5, 0.6) is 0 Å². The first-order valence-electron chi connectivity index (χ1n) is 7.64. The second-order valence-electron chi connectivity index (χ2n) is 5.69. The van der Waals surface area contributed by atoms with Crippen molar-refractivity contribution in [2.45, 2.75) is 18.8 Å². The molecule has 3 aromatic rings. The Morgan fingerprint density at radius 1 is 1.38 bits per heavy atom. The van der Waals surface area contributed by atoms with Crippen LogP contribution in [0.3, 0.4) is 0 Å². The lowest BCUT2D eigenvalue weighted by Gasteiger charge is -2.30. The number of rotatable bonds is 3. The van der Waals surface area contributed by atoms with Crippen molar-refractivity contribution in [3.8, 4) is 10.6 Å². The van der Waals surface area contributed by atoms with E-state index in [4.69, 9.17) is 4.42 Å². The predicted molar refractivity (Wildman–Crippen MR) is 86.9 cm³/mol. The summed E-state index contributed by atoms with van der Waals surface area (Å²) in [6.45, 7) is 1.12. The van der Waals surface area contributed by atoms with Crippen LogP contribution in [0.1, 0.15) is 35.1 Å². The van der Waals surface area contributed by atoms with Crippen LogP contribution in [-0.4, -0.2) is 44.3 Å². The molecule has 8 nitrogen and oxygen atoms in total. The number of carbonyl (C=O) groups is 1. The summed E-state index contributed by atoms with van der Waals surface area (Å²) in [6.07, 6.45) is 1.66. The van der Waals surface area contributed by atoms with Crippen molar-refractivity contribution in [3.05, 3.63) is 45.7 Å². The van der Waals surface area contributed by atoms with Crippen molar-refractivity contribution >= 4 is 17.2 Å². The number of aromatic amines is 2. The molecule has 124 valence electrons.